The van der Waals surface area contributed by atoms with Crippen molar-refractivity contribution >= 4 is 26.7 Å². The van der Waals surface area contributed by atoms with Crippen molar-refractivity contribution in [1.82, 2.24) is 14.5 Å². The summed E-state index contributed by atoms with van der Waals surface area (Å²) in [5, 5.41) is 9.66. The van der Waals surface area contributed by atoms with Crippen LogP contribution in [0.25, 0.3) is 27.8 Å². The number of rotatable bonds is 6. The number of nitrogens with zero attached hydrogens (tertiary/aromatic N) is 3. The number of benzene rings is 2. The molecule has 4 aromatic rings. The lowest BCUT2D eigenvalue weighted by Crippen LogP contribution is -2.12. The Morgan fingerprint density at radius 2 is 1.72 bits per heavy atom. The van der Waals surface area contributed by atoms with E-state index in [-0.39, 0.29) is 18.1 Å². The Labute approximate surface area is 168 Å². The number of aliphatic hydroxyl groups is 1. The SMILES string of the molecule is Nc1ncnc2c1c(-c1ccccc1)cn2-c1ccc(CS(=O)(=O)CCO)cc1. The second-order valence-electron chi connectivity index (χ2n) is 6.72. The highest BCUT2D eigenvalue weighted by Crippen LogP contribution is 2.34. The van der Waals surface area contributed by atoms with Gasteiger partial charge in [-0.3, -0.25) is 0 Å². The van der Waals surface area contributed by atoms with Crippen LogP contribution in [0.3, 0.4) is 0 Å². The second-order valence-corrected chi connectivity index (χ2v) is 8.90. The van der Waals surface area contributed by atoms with Crippen molar-refractivity contribution in [2.45, 2.75) is 5.75 Å². The highest BCUT2D eigenvalue weighted by atomic mass is 32.2. The Morgan fingerprint density at radius 1 is 1.00 bits per heavy atom. The molecule has 0 amide bonds. The third-order valence-electron chi connectivity index (χ3n) is 4.70. The van der Waals surface area contributed by atoms with Gasteiger partial charge in [0.05, 0.1) is 23.5 Å². The molecule has 2 aromatic heterocycles. The van der Waals surface area contributed by atoms with E-state index in [0.29, 0.717) is 17.0 Å². The maximum Gasteiger partial charge on any atom is 0.156 e. The number of hydrogen-bond acceptors (Lipinski definition) is 6. The smallest absolute Gasteiger partial charge is 0.156 e. The number of fused-ring (bicyclic) bond motifs is 1. The molecule has 0 saturated carbocycles. The number of nitrogen functional groups attached to an aromatic ring is 1. The number of sulfone groups is 1. The van der Waals surface area contributed by atoms with Crippen LogP contribution in [0.2, 0.25) is 0 Å². The van der Waals surface area contributed by atoms with Gasteiger partial charge in [0.1, 0.15) is 12.1 Å². The lowest BCUT2D eigenvalue weighted by Gasteiger charge is -2.07. The van der Waals surface area contributed by atoms with Gasteiger partial charge >= 0.3 is 0 Å². The molecule has 148 valence electrons. The number of anilines is 1. The van der Waals surface area contributed by atoms with Crippen LogP contribution in [0.5, 0.6) is 0 Å². The first kappa shape index (κ1) is 19.1. The van der Waals surface area contributed by atoms with Crippen LogP contribution in [-0.4, -0.2) is 40.4 Å². The molecule has 29 heavy (non-hydrogen) atoms. The molecule has 2 aromatic carbocycles. The van der Waals surface area contributed by atoms with E-state index in [2.05, 4.69) is 9.97 Å². The molecule has 0 bridgehead atoms. The summed E-state index contributed by atoms with van der Waals surface area (Å²) in [5.41, 5.74) is 10.3. The zero-order chi connectivity index (χ0) is 20.4. The Morgan fingerprint density at radius 3 is 2.41 bits per heavy atom. The Hall–Kier alpha value is -3.23. The van der Waals surface area contributed by atoms with Gasteiger partial charge in [-0.25, -0.2) is 18.4 Å². The molecule has 0 spiro atoms. The first-order valence-electron chi connectivity index (χ1n) is 9.06. The quantitative estimate of drug-likeness (QED) is 0.507. The van der Waals surface area contributed by atoms with Crippen molar-refractivity contribution < 1.29 is 13.5 Å². The van der Waals surface area contributed by atoms with Gasteiger partial charge in [0, 0.05) is 17.4 Å². The van der Waals surface area contributed by atoms with Crippen LogP contribution < -0.4 is 5.73 Å². The van der Waals surface area contributed by atoms with E-state index >= 15 is 0 Å². The van der Waals surface area contributed by atoms with Gasteiger partial charge in [-0.1, -0.05) is 42.5 Å². The summed E-state index contributed by atoms with van der Waals surface area (Å²) in [5.74, 6) is 0.0532. The molecule has 0 aliphatic rings. The highest BCUT2D eigenvalue weighted by Gasteiger charge is 2.16. The van der Waals surface area contributed by atoms with Crippen molar-refractivity contribution in [2.75, 3.05) is 18.1 Å². The molecule has 0 atom stereocenters. The van der Waals surface area contributed by atoms with Crippen molar-refractivity contribution in [1.29, 1.82) is 0 Å². The molecule has 0 aliphatic carbocycles. The van der Waals surface area contributed by atoms with Crippen LogP contribution >= 0.6 is 0 Å². The normalized spacial score (nSPS) is 11.8. The lowest BCUT2D eigenvalue weighted by molar-refractivity contribution is 0.319. The van der Waals surface area contributed by atoms with Gasteiger partial charge in [-0.15, -0.1) is 0 Å². The largest absolute Gasteiger partial charge is 0.395 e. The monoisotopic (exact) mass is 408 g/mol. The predicted molar refractivity (Wildman–Crippen MR) is 113 cm³/mol. The maximum atomic E-state index is 11.9. The van der Waals surface area contributed by atoms with Crippen molar-refractivity contribution in [2.24, 2.45) is 0 Å². The minimum absolute atomic E-state index is 0.106. The summed E-state index contributed by atoms with van der Waals surface area (Å²) in [6, 6.07) is 17.1. The fourth-order valence-electron chi connectivity index (χ4n) is 3.34. The summed E-state index contributed by atoms with van der Waals surface area (Å²) in [6.07, 6.45) is 3.39. The molecular weight excluding hydrogens is 388 g/mol. The van der Waals surface area contributed by atoms with E-state index in [4.69, 9.17) is 10.8 Å². The first-order valence-corrected chi connectivity index (χ1v) is 10.9. The zero-order valence-electron chi connectivity index (χ0n) is 15.6. The molecule has 8 heteroatoms. The zero-order valence-corrected chi connectivity index (χ0v) is 16.4. The van der Waals surface area contributed by atoms with Gasteiger partial charge in [-0.2, -0.15) is 0 Å². The highest BCUT2D eigenvalue weighted by molar-refractivity contribution is 7.90. The van der Waals surface area contributed by atoms with Gasteiger partial charge in [0.2, 0.25) is 0 Å². The average Bonchev–Trinajstić information content (AvgIpc) is 3.10. The molecular formula is C21H20N4O3S. The fourth-order valence-corrected chi connectivity index (χ4v) is 4.46. The second kappa shape index (κ2) is 7.65. The topological polar surface area (TPSA) is 111 Å². The Bertz CT molecular complexity index is 1250. The molecule has 0 fully saturated rings. The summed E-state index contributed by atoms with van der Waals surface area (Å²) in [4.78, 5) is 8.56. The van der Waals surface area contributed by atoms with Crippen molar-refractivity contribution in [3.8, 4) is 16.8 Å². The Kier molecular flexibility index (Phi) is 5.04. The summed E-state index contributed by atoms with van der Waals surface area (Å²) < 4.78 is 25.8. The Balaban J connectivity index is 1.78. The molecule has 0 aliphatic heterocycles. The van der Waals surface area contributed by atoms with Crippen molar-refractivity contribution in [3.05, 3.63) is 72.7 Å². The number of nitrogens with two attached hydrogens (primary N) is 1. The summed E-state index contributed by atoms with van der Waals surface area (Å²) in [7, 11) is -3.33. The third kappa shape index (κ3) is 3.85. The molecule has 2 heterocycles. The van der Waals surface area contributed by atoms with Crippen LogP contribution in [0, 0.1) is 0 Å². The summed E-state index contributed by atoms with van der Waals surface area (Å²) in [6.45, 7) is -0.376. The van der Waals surface area contributed by atoms with Gasteiger partial charge in [-0.05, 0) is 23.3 Å². The lowest BCUT2D eigenvalue weighted by atomic mass is 10.1. The predicted octanol–water partition coefficient (Wildman–Crippen LogP) is 2.58. The third-order valence-corrected chi connectivity index (χ3v) is 6.28. The van der Waals surface area contributed by atoms with E-state index in [1.54, 1.807) is 12.1 Å². The fraction of sp³-hybridized carbons (Fsp3) is 0.143. The van der Waals surface area contributed by atoms with Crippen LogP contribution in [0.4, 0.5) is 5.82 Å². The average molecular weight is 408 g/mol. The standard InChI is InChI=1S/C21H20N4O3S/c22-20-19-18(16-4-2-1-3-5-16)12-25(21(19)24-14-23-20)17-8-6-15(7-9-17)13-29(27,28)11-10-26/h1-9,12,14,26H,10-11,13H2,(H2,22,23,24). The molecule has 4 rings (SSSR count). The van der Waals surface area contributed by atoms with E-state index < -0.39 is 9.84 Å². The van der Waals surface area contributed by atoms with E-state index in [1.807, 2.05) is 53.2 Å². The number of hydrogen-bond donors (Lipinski definition) is 2. The molecule has 3 N–H and O–H groups in total. The molecule has 7 nitrogen and oxygen atoms in total. The van der Waals surface area contributed by atoms with Gasteiger partial charge < -0.3 is 15.4 Å². The van der Waals surface area contributed by atoms with Crippen molar-refractivity contribution in [3.63, 3.8) is 0 Å². The molecule has 0 unspecified atom stereocenters. The summed E-state index contributed by atoms with van der Waals surface area (Å²) >= 11 is 0. The first-order chi connectivity index (χ1) is 14.0. The van der Waals surface area contributed by atoms with E-state index in [9.17, 15) is 8.42 Å². The molecule has 0 radical (unpaired) electrons. The minimum Gasteiger partial charge on any atom is -0.395 e. The van der Waals surface area contributed by atoms with E-state index in [1.165, 1.54) is 6.33 Å². The molecule has 0 saturated heterocycles. The number of aliphatic hydroxyl groups excluding tert-OH is 1. The minimum atomic E-state index is -3.33. The van der Waals surface area contributed by atoms with Crippen LogP contribution in [0.1, 0.15) is 5.56 Å². The van der Waals surface area contributed by atoms with E-state index in [0.717, 1.165) is 22.2 Å². The van der Waals surface area contributed by atoms with Gasteiger partial charge in [0.15, 0.2) is 15.5 Å². The maximum absolute atomic E-state index is 11.9. The number of aromatic nitrogens is 3. The van der Waals surface area contributed by atoms with Gasteiger partial charge in [0.25, 0.3) is 0 Å². The van der Waals surface area contributed by atoms with Crippen LogP contribution in [-0.2, 0) is 15.6 Å². The van der Waals surface area contributed by atoms with Crippen LogP contribution in [0.15, 0.2) is 67.1 Å².